The summed E-state index contributed by atoms with van der Waals surface area (Å²) in [6.07, 6.45) is 0.958. The number of hydrogen-bond donors (Lipinski definition) is 1. The number of carbonyl (C=O) groups excluding carboxylic acids is 1. The van der Waals surface area contributed by atoms with E-state index < -0.39 is 0 Å². The zero-order chi connectivity index (χ0) is 19.1. The molecule has 0 saturated heterocycles. The highest BCUT2D eigenvalue weighted by atomic mass is 32.2. The van der Waals surface area contributed by atoms with Crippen molar-refractivity contribution in [2.45, 2.75) is 24.3 Å². The van der Waals surface area contributed by atoms with Crippen LogP contribution in [0.3, 0.4) is 0 Å². The van der Waals surface area contributed by atoms with Crippen molar-refractivity contribution in [1.82, 2.24) is 9.36 Å². The van der Waals surface area contributed by atoms with Gasteiger partial charge in [-0.1, -0.05) is 43.0 Å². The van der Waals surface area contributed by atoms with E-state index in [1.54, 1.807) is 12.1 Å². The third-order valence-electron chi connectivity index (χ3n) is 3.64. The van der Waals surface area contributed by atoms with Gasteiger partial charge in [0.05, 0.1) is 0 Å². The number of halogens is 1. The molecule has 1 heterocycles. The van der Waals surface area contributed by atoms with Crippen LogP contribution in [0, 0.1) is 5.82 Å². The van der Waals surface area contributed by atoms with Gasteiger partial charge in [-0.2, -0.15) is 9.36 Å². The van der Waals surface area contributed by atoms with Crippen LogP contribution in [0.2, 0.25) is 0 Å². The third-order valence-corrected chi connectivity index (χ3v) is 5.30. The molecule has 0 bridgehead atoms. The Bertz CT molecular complexity index is 883. The molecule has 1 N–H and O–H groups in total. The Morgan fingerprint density at radius 2 is 1.85 bits per heavy atom. The van der Waals surface area contributed by atoms with Crippen LogP contribution in [0.1, 0.15) is 18.1 Å². The predicted molar refractivity (Wildman–Crippen MR) is 106 cm³/mol. The molecule has 0 aliphatic rings. The first-order chi connectivity index (χ1) is 13.1. The largest absolute Gasteiger partial charge is 0.484 e. The molecule has 0 radical (unpaired) electrons. The van der Waals surface area contributed by atoms with Crippen molar-refractivity contribution in [3.05, 3.63) is 65.5 Å². The third kappa shape index (κ3) is 6.04. The molecule has 1 amide bonds. The van der Waals surface area contributed by atoms with Crippen molar-refractivity contribution in [3.8, 4) is 5.75 Å². The van der Waals surface area contributed by atoms with Gasteiger partial charge < -0.3 is 4.74 Å². The average molecular weight is 404 g/mol. The van der Waals surface area contributed by atoms with Gasteiger partial charge in [0, 0.05) is 17.3 Å². The molecule has 1 aromatic heterocycles. The lowest BCUT2D eigenvalue weighted by Crippen LogP contribution is -2.20. The van der Waals surface area contributed by atoms with Gasteiger partial charge in [-0.05, 0) is 41.8 Å². The Morgan fingerprint density at radius 3 is 2.56 bits per heavy atom. The van der Waals surface area contributed by atoms with Crippen LogP contribution in [0.4, 0.5) is 9.52 Å². The molecular formula is C19H18FN3O2S2. The summed E-state index contributed by atoms with van der Waals surface area (Å²) in [5, 5.41) is 3.67. The van der Waals surface area contributed by atoms with Gasteiger partial charge >= 0.3 is 0 Å². The number of thioether (sulfide) groups is 1. The van der Waals surface area contributed by atoms with Crippen LogP contribution in [0.25, 0.3) is 0 Å². The monoisotopic (exact) mass is 403 g/mol. The van der Waals surface area contributed by atoms with E-state index in [0.717, 1.165) is 23.5 Å². The summed E-state index contributed by atoms with van der Waals surface area (Å²) < 4.78 is 22.6. The van der Waals surface area contributed by atoms with Crippen molar-refractivity contribution >= 4 is 34.3 Å². The van der Waals surface area contributed by atoms with Crippen molar-refractivity contribution in [3.63, 3.8) is 0 Å². The first-order valence-corrected chi connectivity index (χ1v) is 10.1. The zero-order valence-electron chi connectivity index (χ0n) is 14.6. The molecule has 0 aliphatic heterocycles. The van der Waals surface area contributed by atoms with Gasteiger partial charge in [-0.3, -0.25) is 10.1 Å². The van der Waals surface area contributed by atoms with Crippen molar-refractivity contribution in [2.75, 3.05) is 11.9 Å². The minimum absolute atomic E-state index is 0.0941. The van der Waals surface area contributed by atoms with E-state index in [-0.39, 0.29) is 18.3 Å². The lowest BCUT2D eigenvalue weighted by molar-refractivity contribution is -0.118. The summed E-state index contributed by atoms with van der Waals surface area (Å²) in [7, 11) is 0. The number of nitrogens with zero attached hydrogens (tertiary/aromatic N) is 2. The molecule has 140 valence electrons. The second-order valence-corrected chi connectivity index (χ2v) is 7.33. The minimum Gasteiger partial charge on any atom is -0.484 e. The fraction of sp³-hybridized carbons (Fsp3) is 0.211. The second kappa shape index (κ2) is 9.48. The molecule has 3 aromatic rings. The maximum Gasteiger partial charge on any atom is 0.264 e. The quantitative estimate of drug-likeness (QED) is 0.559. The Labute approximate surface area is 165 Å². The summed E-state index contributed by atoms with van der Waals surface area (Å²) in [5.74, 6) is 0.723. The predicted octanol–water partition coefficient (Wildman–Crippen LogP) is 4.55. The van der Waals surface area contributed by atoms with Crippen molar-refractivity contribution in [1.29, 1.82) is 0 Å². The molecule has 27 heavy (non-hydrogen) atoms. The average Bonchev–Trinajstić information content (AvgIpc) is 3.13. The molecule has 0 fully saturated rings. The molecule has 0 unspecified atom stereocenters. The van der Waals surface area contributed by atoms with Gasteiger partial charge in [-0.15, -0.1) is 0 Å². The fourth-order valence-corrected chi connectivity index (χ4v) is 3.69. The Hall–Kier alpha value is -2.45. The van der Waals surface area contributed by atoms with Crippen LogP contribution >= 0.6 is 23.3 Å². The Kier molecular flexibility index (Phi) is 6.78. The molecule has 3 rings (SSSR count). The maximum absolute atomic E-state index is 12.9. The topological polar surface area (TPSA) is 64.1 Å². The number of aryl methyl sites for hydroxylation is 1. The van der Waals surface area contributed by atoms with Gasteiger partial charge in [0.1, 0.15) is 11.6 Å². The number of hydrogen-bond acceptors (Lipinski definition) is 6. The van der Waals surface area contributed by atoms with Crippen LogP contribution in [-0.4, -0.2) is 21.9 Å². The molecule has 5 nitrogen and oxygen atoms in total. The maximum atomic E-state index is 12.9. The molecular weight excluding hydrogens is 385 g/mol. The standard InChI is InChI=1S/C19H18FN3O2S2/c1-2-13-5-9-16(10-6-13)25-11-17(24)21-18-22-19(23-27-18)26-12-14-3-7-15(20)8-4-14/h3-10H,2,11-12H2,1H3,(H,21,22,23,24). The van der Waals surface area contributed by atoms with Gasteiger partial charge in [0.25, 0.3) is 5.91 Å². The Balaban J connectivity index is 1.44. The molecule has 0 atom stereocenters. The summed E-state index contributed by atoms with van der Waals surface area (Å²) in [6.45, 7) is 1.99. The van der Waals surface area contributed by atoms with Crippen LogP contribution in [-0.2, 0) is 17.0 Å². The molecule has 0 spiro atoms. The highest BCUT2D eigenvalue weighted by molar-refractivity contribution is 7.98. The van der Waals surface area contributed by atoms with Crippen molar-refractivity contribution in [2.24, 2.45) is 0 Å². The summed E-state index contributed by atoms with van der Waals surface area (Å²) in [5.41, 5.74) is 2.19. The number of nitrogens with one attached hydrogen (secondary N) is 1. The zero-order valence-corrected chi connectivity index (χ0v) is 16.3. The fourth-order valence-electron chi connectivity index (χ4n) is 2.17. The van der Waals surface area contributed by atoms with E-state index >= 15 is 0 Å². The van der Waals surface area contributed by atoms with Crippen LogP contribution < -0.4 is 10.1 Å². The van der Waals surface area contributed by atoms with E-state index in [0.29, 0.717) is 21.8 Å². The Morgan fingerprint density at radius 1 is 1.15 bits per heavy atom. The van der Waals surface area contributed by atoms with E-state index in [2.05, 4.69) is 21.6 Å². The first kappa shape index (κ1) is 19.3. The van der Waals surface area contributed by atoms with Gasteiger partial charge in [0.15, 0.2) is 6.61 Å². The normalized spacial score (nSPS) is 10.6. The van der Waals surface area contributed by atoms with Crippen molar-refractivity contribution < 1.29 is 13.9 Å². The lowest BCUT2D eigenvalue weighted by Gasteiger charge is -2.06. The summed E-state index contributed by atoms with van der Waals surface area (Å²) >= 11 is 2.54. The lowest BCUT2D eigenvalue weighted by atomic mass is 10.2. The number of anilines is 1. The molecule has 8 heteroatoms. The number of rotatable bonds is 8. The van der Waals surface area contributed by atoms with E-state index in [9.17, 15) is 9.18 Å². The highest BCUT2D eigenvalue weighted by Crippen LogP contribution is 2.23. The van der Waals surface area contributed by atoms with Crippen LogP contribution in [0.5, 0.6) is 5.75 Å². The van der Waals surface area contributed by atoms with Crippen LogP contribution in [0.15, 0.2) is 53.7 Å². The second-order valence-electron chi connectivity index (χ2n) is 5.63. The molecule has 0 aliphatic carbocycles. The minimum atomic E-state index is -0.291. The smallest absolute Gasteiger partial charge is 0.264 e. The van der Waals surface area contributed by atoms with Gasteiger partial charge in [0.2, 0.25) is 10.3 Å². The number of ether oxygens (including phenoxy) is 1. The SMILES string of the molecule is CCc1ccc(OCC(=O)Nc2nc(SCc3ccc(F)cc3)ns2)cc1. The van der Waals surface area contributed by atoms with Gasteiger partial charge in [-0.25, -0.2) is 4.39 Å². The number of benzene rings is 2. The molecule has 2 aromatic carbocycles. The highest BCUT2D eigenvalue weighted by Gasteiger charge is 2.09. The van der Waals surface area contributed by atoms with E-state index in [1.165, 1.54) is 29.5 Å². The number of amides is 1. The summed E-state index contributed by atoms with van der Waals surface area (Å²) in [4.78, 5) is 16.3. The number of carbonyl (C=O) groups is 1. The first-order valence-electron chi connectivity index (χ1n) is 8.35. The summed E-state index contributed by atoms with van der Waals surface area (Å²) in [6, 6.07) is 13.9. The van der Waals surface area contributed by atoms with E-state index in [1.807, 2.05) is 24.3 Å². The van der Waals surface area contributed by atoms with E-state index in [4.69, 9.17) is 4.74 Å². The number of aromatic nitrogens is 2. The molecule has 0 saturated carbocycles.